The second-order valence-corrected chi connectivity index (χ2v) is 11.2. The van der Waals surface area contributed by atoms with Gasteiger partial charge in [-0.3, -0.25) is 0 Å². The fourth-order valence-corrected chi connectivity index (χ4v) is 2.42. The molecule has 1 rings (SSSR count). The van der Waals surface area contributed by atoms with Gasteiger partial charge in [-0.15, -0.1) is 0 Å². The largest absolute Gasteiger partial charge is 0.476 e. The number of carbonyl (C=O) groups is 1. The average Bonchev–Trinajstić information content (AvgIpc) is 2.24. The lowest BCUT2D eigenvalue weighted by Crippen LogP contribution is -2.40. The Bertz CT molecular complexity index is 483. The Morgan fingerprint density at radius 2 is 2.05 bits per heavy atom. The van der Waals surface area contributed by atoms with E-state index in [4.69, 9.17) is 21.1 Å². The fourth-order valence-electron chi connectivity index (χ4n) is 1.19. The number of hydrogen-bond acceptors (Lipinski definition) is 3. The van der Waals surface area contributed by atoms with Gasteiger partial charge in [0.1, 0.15) is 0 Å². The van der Waals surface area contributed by atoms with Gasteiger partial charge in [-0.2, -0.15) is 0 Å². The Morgan fingerprint density at radius 3 is 2.47 bits per heavy atom. The molecule has 0 saturated carbocycles. The molecule has 1 aromatic heterocycles. The summed E-state index contributed by atoms with van der Waals surface area (Å²) in [5, 5.41) is 9.12. The summed E-state index contributed by atoms with van der Waals surface area (Å²) in [5.74, 6) is -1.12. The van der Waals surface area contributed by atoms with E-state index in [1.807, 2.05) is 0 Å². The molecular formula is C13H20ClNO3Si. The van der Waals surface area contributed by atoms with E-state index in [0.29, 0.717) is 6.61 Å². The Hall–Kier alpha value is -0.913. The van der Waals surface area contributed by atoms with E-state index in [-0.39, 0.29) is 15.8 Å². The summed E-state index contributed by atoms with van der Waals surface area (Å²) in [6.45, 7) is 11.2. The van der Waals surface area contributed by atoms with Crippen molar-refractivity contribution in [1.82, 2.24) is 4.98 Å². The summed E-state index contributed by atoms with van der Waals surface area (Å²) < 4.78 is 6.03. The zero-order valence-electron chi connectivity index (χ0n) is 12.0. The van der Waals surface area contributed by atoms with Crippen molar-refractivity contribution in [3.63, 3.8) is 0 Å². The second kappa shape index (κ2) is 5.61. The predicted molar refractivity (Wildman–Crippen MR) is 78.2 cm³/mol. The molecule has 0 unspecified atom stereocenters. The van der Waals surface area contributed by atoms with E-state index < -0.39 is 14.3 Å². The molecule has 19 heavy (non-hydrogen) atoms. The lowest BCUT2D eigenvalue weighted by atomic mass is 10.2. The lowest BCUT2D eigenvalue weighted by Gasteiger charge is -2.36. The van der Waals surface area contributed by atoms with Crippen LogP contribution in [0.4, 0.5) is 0 Å². The van der Waals surface area contributed by atoms with Crippen LogP contribution in [0.15, 0.2) is 12.3 Å². The van der Waals surface area contributed by atoms with Crippen molar-refractivity contribution in [3.8, 4) is 0 Å². The minimum Gasteiger partial charge on any atom is -0.476 e. The number of aromatic nitrogens is 1. The molecular weight excluding hydrogens is 282 g/mol. The van der Waals surface area contributed by atoms with Gasteiger partial charge in [0.05, 0.1) is 11.6 Å². The molecule has 0 saturated heterocycles. The highest BCUT2D eigenvalue weighted by Gasteiger charge is 2.37. The van der Waals surface area contributed by atoms with Crippen LogP contribution in [0.1, 0.15) is 36.8 Å². The molecule has 0 radical (unpaired) electrons. The molecule has 1 heterocycles. The number of aromatic carboxylic acids is 1. The molecule has 0 bridgehead atoms. The summed E-state index contributed by atoms with van der Waals surface area (Å²) in [6, 6.07) is 1.60. The first-order valence-electron chi connectivity index (χ1n) is 6.06. The molecule has 106 valence electrons. The number of carboxylic acids is 1. The van der Waals surface area contributed by atoms with Gasteiger partial charge in [-0.25, -0.2) is 9.78 Å². The minimum atomic E-state index is -1.83. The molecule has 0 aromatic carbocycles. The Labute approximate surface area is 119 Å². The second-order valence-electron chi connectivity index (χ2n) is 6.03. The van der Waals surface area contributed by atoms with Crippen molar-refractivity contribution in [2.45, 2.75) is 45.5 Å². The highest BCUT2D eigenvalue weighted by molar-refractivity contribution is 6.74. The number of rotatable bonds is 4. The van der Waals surface area contributed by atoms with Crippen LogP contribution >= 0.6 is 11.6 Å². The lowest BCUT2D eigenvalue weighted by molar-refractivity contribution is 0.0690. The molecule has 1 N–H and O–H groups in total. The first-order chi connectivity index (χ1) is 8.54. The first kappa shape index (κ1) is 16.1. The highest BCUT2D eigenvalue weighted by Crippen LogP contribution is 2.37. The van der Waals surface area contributed by atoms with Gasteiger partial charge in [0, 0.05) is 6.20 Å². The van der Waals surface area contributed by atoms with E-state index >= 15 is 0 Å². The van der Waals surface area contributed by atoms with Crippen LogP contribution in [0.3, 0.4) is 0 Å². The molecule has 0 fully saturated rings. The van der Waals surface area contributed by atoms with Crippen molar-refractivity contribution in [1.29, 1.82) is 0 Å². The third kappa shape index (κ3) is 4.02. The van der Waals surface area contributed by atoms with Crippen molar-refractivity contribution in [2.24, 2.45) is 0 Å². The van der Waals surface area contributed by atoms with Crippen LogP contribution in [0, 0.1) is 0 Å². The number of pyridine rings is 1. The molecule has 1 aromatic rings. The Kier molecular flexibility index (Phi) is 4.76. The van der Waals surface area contributed by atoms with E-state index in [9.17, 15) is 4.79 Å². The number of halogens is 1. The van der Waals surface area contributed by atoms with Crippen molar-refractivity contribution >= 4 is 25.9 Å². The van der Waals surface area contributed by atoms with Crippen molar-refractivity contribution in [2.75, 3.05) is 0 Å². The van der Waals surface area contributed by atoms with Crippen LogP contribution in [0.5, 0.6) is 0 Å². The fraction of sp³-hybridized carbons (Fsp3) is 0.538. The van der Waals surface area contributed by atoms with Gasteiger partial charge < -0.3 is 9.53 Å². The molecule has 0 amide bonds. The molecule has 0 spiro atoms. The molecule has 0 aliphatic carbocycles. The topological polar surface area (TPSA) is 59.4 Å². The molecule has 0 aliphatic heterocycles. The third-order valence-electron chi connectivity index (χ3n) is 3.51. The zero-order chi connectivity index (χ0) is 14.8. The number of hydrogen-bond donors (Lipinski definition) is 1. The molecule has 4 nitrogen and oxygen atoms in total. The van der Waals surface area contributed by atoms with Crippen LogP contribution < -0.4 is 0 Å². The zero-order valence-corrected chi connectivity index (χ0v) is 13.7. The summed E-state index contributed by atoms with van der Waals surface area (Å²) in [6.07, 6.45) is 1.50. The molecule has 0 atom stereocenters. The maximum absolute atomic E-state index is 10.8. The third-order valence-corrected chi connectivity index (χ3v) is 8.27. The van der Waals surface area contributed by atoms with E-state index in [1.54, 1.807) is 6.07 Å². The average molecular weight is 302 g/mol. The van der Waals surface area contributed by atoms with E-state index in [0.717, 1.165) is 5.56 Å². The van der Waals surface area contributed by atoms with Gasteiger partial charge in [0.2, 0.25) is 0 Å². The summed E-state index contributed by atoms with van der Waals surface area (Å²) in [5.41, 5.74) is 0.664. The van der Waals surface area contributed by atoms with Gasteiger partial charge in [0.25, 0.3) is 0 Å². The van der Waals surface area contributed by atoms with Gasteiger partial charge in [-0.05, 0) is 29.8 Å². The van der Waals surface area contributed by atoms with Crippen LogP contribution in [-0.4, -0.2) is 24.4 Å². The van der Waals surface area contributed by atoms with Gasteiger partial charge >= 0.3 is 5.97 Å². The standard InChI is InChI=1S/C13H20ClNO3Si/c1-13(2,3)19(4,5)18-8-9-6-10(14)11(12(16)17)15-7-9/h6-7H,8H2,1-5H3,(H,16,17). The Balaban J connectivity index is 2.80. The Morgan fingerprint density at radius 1 is 1.47 bits per heavy atom. The van der Waals surface area contributed by atoms with Gasteiger partial charge in [0.15, 0.2) is 14.0 Å². The number of carboxylic acid groups (broad SMARTS) is 1. The van der Waals surface area contributed by atoms with E-state index in [2.05, 4.69) is 38.8 Å². The minimum absolute atomic E-state index is 0.127. The predicted octanol–water partition coefficient (Wildman–Crippen LogP) is 3.96. The monoisotopic (exact) mass is 301 g/mol. The first-order valence-corrected chi connectivity index (χ1v) is 9.35. The van der Waals surface area contributed by atoms with Crippen LogP contribution in [0.2, 0.25) is 23.2 Å². The quantitative estimate of drug-likeness (QED) is 0.855. The molecule has 6 heteroatoms. The molecule has 0 aliphatic rings. The van der Waals surface area contributed by atoms with Crippen molar-refractivity contribution in [3.05, 3.63) is 28.5 Å². The van der Waals surface area contributed by atoms with Gasteiger partial charge in [-0.1, -0.05) is 32.4 Å². The summed E-state index contributed by atoms with van der Waals surface area (Å²) >= 11 is 5.88. The SMILES string of the molecule is CC(C)(C)[Si](C)(C)OCc1cnc(C(=O)O)c(Cl)c1. The highest BCUT2D eigenvalue weighted by atomic mass is 35.5. The van der Waals surface area contributed by atoms with Crippen molar-refractivity contribution < 1.29 is 14.3 Å². The maximum Gasteiger partial charge on any atom is 0.356 e. The smallest absolute Gasteiger partial charge is 0.356 e. The summed E-state index contributed by atoms with van der Waals surface area (Å²) in [4.78, 5) is 14.7. The summed E-state index contributed by atoms with van der Waals surface area (Å²) in [7, 11) is -1.83. The van der Waals surface area contributed by atoms with Crippen LogP contribution in [0.25, 0.3) is 0 Å². The number of nitrogens with zero attached hydrogens (tertiary/aromatic N) is 1. The van der Waals surface area contributed by atoms with E-state index in [1.165, 1.54) is 6.20 Å². The normalized spacial score (nSPS) is 12.5. The maximum atomic E-state index is 10.8. The van der Waals surface area contributed by atoms with Crippen LogP contribution in [-0.2, 0) is 11.0 Å².